The molecule has 0 aromatic rings. The van der Waals surface area contributed by atoms with E-state index in [1.54, 1.807) is 0 Å². The van der Waals surface area contributed by atoms with Crippen LogP contribution in [0.25, 0.3) is 0 Å². The first kappa shape index (κ1) is 22.2. The van der Waals surface area contributed by atoms with Crippen molar-refractivity contribution in [3.63, 3.8) is 0 Å². The van der Waals surface area contributed by atoms with E-state index in [0.29, 0.717) is 0 Å². The maximum Gasteiger partial charge on any atom is 0.136 e. The van der Waals surface area contributed by atoms with Crippen LogP contribution in [0.15, 0.2) is 12.3 Å². The molecule has 0 spiro atoms. The van der Waals surface area contributed by atoms with Gasteiger partial charge in [0.25, 0.3) is 0 Å². The molecular weight excluding hydrogens is 322 g/mol. The summed E-state index contributed by atoms with van der Waals surface area (Å²) in [5, 5.41) is 0. The predicted octanol–water partition coefficient (Wildman–Crippen LogP) is 7.23. The van der Waals surface area contributed by atoms with Crippen molar-refractivity contribution >= 4 is 16.3 Å². The molecule has 0 heterocycles. The second-order valence-corrected chi connectivity index (χ2v) is 20.5. The van der Waals surface area contributed by atoms with Gasteiger partial charge in [-0.15, -0.1) is 12.3 Å². The molecule has 1 aliphatic rings. The van der Waals surface area contributed by atoms with Crippen molar-refractivity contribution < 1.29 is 0 Å². The average molecular weight is 368 g/mol. The molecular formula is C21H45NSi2. The summed E-state index contributed by atoms with van der Waals surface area (Å²) in [4.78, 5) is 0. The van der Waals surface area contributed by atoms with E-state index in [-0.39, 0.29) is 0 Å². The Bertz CT molecular complexity index is 360. The lowest BCUT2D eigenvalue weighted by Crippen LogP contribution is -2.63. The Morgan fingerprint density at radius 1 is 0.958 bits per heavy atom. The quantitative estimate of drug-likeness (QED) is 0.368. The molecule has 1 rings (SSSR count). The molecule has 1 fully saturated rings. The van der Waals surface area contributed by atoms with Crippen molar-refractivity contribution in [2.75, 3.05) is 6.54 Å². The summed E-state index contributed by atoms with van der Waals surface area (Å²) in [6.45, 7) is 25.5. The minimum absolute atomic E-state index is 0.836. The lowest BCUT2D eigenvalue weighted by atomic mass is 10.2. The van der Waals surface area contributed by atoms with E-state index in [0.717, 1.165) is 22.7 Å². The summed E-state index contributed by atoms with van der Waals surface area (Å²) in [6, 6.07) is 2.27. The molecule has 0 saturated heterocycles. The van der Waals surface area contributed by atoms with Crippen molar-refractivity contribution in [1.29, 1.82) is 0 Å². The topological polar surface area (TPSA) is 3.24 Å². The molecule has 142 valence electrons. The Labute approximate surface area is 155 Å². The second-order valence-electron chi connectivity index (χ2n) is 9.78. The van der Waals surface area contributed by atoms with Crippen LogP contribution in [0.3, 0.4) is 0 Å². The number of nitrogens with zero attached hydrogens (tertiary/aromatic N) is 1. The zero-order chi connectivity index (χ0) is 18.5. The molecule has 0 radical (unpaired) electrons. The van der Waals surface area contributed by atoms with E-state index >= 15 is 0 Å². The van der Waals surface area contributed by atoms with Gasteiger partial charge in [-0.25, -0.2) is 0 Å². The van der Waals surface area contributed by atoms with Crippen LogP contribution in [0.2, 0.25) is 35.8 Å². The molecule has 1 saturated carbocycles. The van der Waals surface area contributed by atoms with E-state index in [1.165, 1.54) is 44.7 Å². The zero-order valence-corrected chi connectivity index (χ0v) is 20.0. The highest BCUT2D eigenvalue weighted by Gasteiger charge is 2.50. The Hall–Kier alpha value is 0.134. The molecule has 0 atom stereocenters. The highest BCUT2D eigenvalue weighted by Crippen LogP contribution is 2.46. The lowest BCUT2D eigenvalue weighted by Gasteiger charge is -2.54. The summed E-state index contributed by atoms with van der Waals surface area (Å²) < 4.78 is 3.13. The summed E-state index contributed by atoms with van der Waals surface area (Å²) >= 11 is 0. The van der Waals surface area contributed by atoms with Gasteiger partial charge in [0.2, 0.25) is 0 Å². The van der Waals surface area contributed by atoms with E-state index in [2.05, 4.69) is 71.5 Å². The standard InChI is InChI=1S/C21H45NSi2/c1-10-23(8,9)17-13-16-22(21-14-11-12-15-21)24(18(2)3,19(4)5)20(6)7/h10,18-21H,1,11-17H2,2-9H3. The van der Waals surface area contributed by atoms with E-state index < -0.39 is 16.3 Å². The van der Waals surface area contributed by atoms with Gasteiger partial charge in [0.05, 0.1) is 8.07 Å². The Balaban J connectivity index is 3.07. The Morgan fingerprint density at radius 2 is 1.42 bits per heavy atom. The molecule has 0 aromatic carbocycles. The third kappa shape index (κ3) is 4.85. The first-order valence-electron chi connectivity index (χ1n) is 10.5. The molecule has 1 aliphatic carbocycles. The highest BCUT2D eigenvalue weighted by molar-refractivity contribution is 6.82. The third-order valence-corrected chi connectivity index (χ3v) is 16.7. The van der Waals surface area contributed by atoms with Crippen LogP contribution < -0.4 is 0 Å². The van der Waals surface area contributed by atoms with Gasteiger partial charge in [0.1, 0.15) is 8.24 Å². The van der Waals surface area contributed by atoms with Crippen molar-refractivity contribution in [1.82, 2.24) is 4.57 Å². The third-order valence-electron chi connectivity index (χ3n) is 6.81. The van der Waals surface area contributed by atoms with Crippen LogP contribution in [-0.4, -0.2) is 33.5 Å². The molecule has 24 heavy (non-hydrogen) atoms. The second kappa shape index (κ2) is 9.18. The van der Waals surface area contributed by atoms with Crippen molar-refractivity contribution in [2.24, 2.45) is 0 Å². The summed E-state index contributed by atoms with van der Waals surface area (Å²) in [5.41, 5.74) is 4.79. The van der Waals surface area contributed by atoms with Gasteiger partial charge in [-0.3, -0.25) is 0 Å². The summed E-state index contributed by atoms with van der Waals surface area (Å²) in [6.07, 6.45) is 7.18. The minimum atomic E-state index is -1.51. The zero-order valence-electron chi connectivity index (χ0n) is 18.0. The van der Waals surface area contributed by atoms with Crippen LogP contribution in [0.4, 0.5) is 0 Å². The maximum atomic E-state index is 4.10. The Morgan fingerprint density at radius 3 is 1.79 bits per heavy atom. The first-order valence-corrected chi connectivity index (χ1v) is 16.0. The van der Waals surface area contributed by atoms with Crippen LogP contribution in [0, 0.1) is 0 Å². The van der Waals surface area contributed by atoms with Crippen LogP contribution >= 0.6 is 0 Å². The van der Waals surface area contributed by atoms with Crippen LogP contribution in [0.5, 0.6) is 0 Å². The molecule has 0 amide bonds. The fourth-order valence-electron chi connectivity index (χ4n) is 5.71. The molecule has 0 aromatic heterocycles. The van der Waals surface area contributed by atoms with Gasteiger partial charge in [0, 0.05) is 6.04 Å². The number of hydrogen-bond acceptors (Lipinski definition) is 1. The van der Waals surface area contributed by atoms with Gasteiger partial charge in [-0.2, -0.15) is 0 Å². The summed E-state index contributed by atoms with van der Waals surface area (Å²) in [5.74, 6) is 0. The van der Waals surface area contributed by atoms with E-state index in [9.17, 15) is 0 Å². The number of hydrogen-bond donors (Lipinski definition) is 0. The van der Waals surface area contributed by atoms with E-state index in [1.807, 2.05) is 0 Å². The molecule has 0 aliphatic heterocycles. The summed E-state index contributed by atoms with van der Waals surface area (Å²) in [7, 11) is -2.68. The monoisotopic (exact) mass is 367 g/mol. The fraction of sp³-hybridized carbons (Fsp3) is 0.905. The van der Waals surface area contributed by atoms with Crippen LogP contribution in [-0.2, 0) is 0 Å². The van der Waals surface area contributed by atoms with Gasteiger partial charge >= 0.3 is 0 Å². The largest absolute Gasteiger partial charge is 0.320 e. The lowest BCUT2D eigenvalue weighted by molar-refractivity contribution is 0.296. The SMILES string of the molecule is C=C[Si](C)(C)CCCN(C1CCCC1)[Si](C(C)C)(C(C)C)C(C)C. The first-order chi connectivity index (χ1) is 11.1. The highest BCUT2D eigenvalue weighted by atomic mass is 28.3. The smallest absolute Gasteiger partial charge is 0.136 e. The molecule has 0 N–H and O–H groups in total. The normalized spacial score (nSPS) is 17.7. The van der Waals surface area contributed by atoms with Gasteiger partial charge in [-0.05, 0) is 42.4 Å². The van der Waals surface area contributed by atoms with E-state index in [4.69, 9.17) is 0 Å². The maximum absolute atomic E-state index is 4.10. The fourth-order valence-corrected chi connectivity index (χ4v) is 14.4. The average Bonchev–Trinajstić information content (AvgIpc) is 2.98. The van der Waals surface area contributed by atoms with Gasteiger partial charge in [0.15, 0.2) is 0 Å². The number of rotatable bonds is 10. The van der Waals surface area contributed by atoms with Crippen molar-refractivity contribution in [3.05, 3.63) is 12.3 Å². The van der Waals surface area contributed by atoms with Crippen LogP contribution in [0.1, 0.15) is 73.6 Å². The molecule has 3 heteroatoms. The van der Waals surface area contributed by atoms with Crippen molar-refractivity contribution in [2.45, 2.75) is 115 Å². The molecule has 0 unspecified atom stereocenters. The van der Waals surface area contributed by atoms with Gasteiger partial charge in [-0.1, -0.05) is 73.5 Å². The molecule has 0 bridgehead atoms. The predicted molar refractivity (Wildman–Crippen MR) is 117 cm³/mol. The Kier molecular flexibility index (Phi) is 8.48. The molecule has 1 nitrogen and oxygen atoms in total. The van der Waals surface area contributed by atoms with Crippen molar-refractivity contribution in [3.8, 4) is 0 Å². The minimum Gasteiger partial charge on any atom is -0.320 e. The van der Waals surface area contributed by atoms with Gasteiger partial charge < -0.3 is 4.57 Å².